The second-order valence-electron chi connectivity index (χ2n) is 6.37. The van der Waals surface area contributed by atoms with E-state index in [0.717, 1.165) is 17.8 Å². The van der Waals surface area contributed by atoms with Crippen molar-refractivity contribution in [2.45, 2.75) is 25.3 Å². The van der Waals surface area contributed by atoms with Gasteiger partial charge in [0.25, 0.3) is 5.91 Å². The zero-order valence-corrected chi connectivity index (χ0v) is 14.3. The average Bonchev–Trinajstić information content (AvgIpc) is 3.40. The maximum absolute atomic E-state index is 12.5. The Bertz CT molecular complexity index is 883. The van der Waals surface area contributed by atoms with E-state index in [1.165, 1.54) is 6.26 Å². The van der Waals surface area contributed by atoms with Crippen LogP contribution in [0.4, 0.5) is 0 Å². The highest BCUT2D eigenvalue weighted by Gasteiger charge is 2.35. The van der Waals surface area contributed by atoms with Crippen molar-refractivity contribution in [3.8, 4) is 0 Å². The lowest BCUT2D eigenvalue weighted by Gasteiger charge is -2.22. The number of hydrogen-bond donors (Lipinski definition) is 1. The lowest BCUT2D eigenvalue weighted by Crippen LogP contribution is -2.46. The molecule has 1 fully saturated rings. The number of nitrogens with zero attached hydrogens (tertiary/aromatic N) is 3. The fraction of sp³-hybridized carbons (Fsp3) is 0.316. The number of fused-ring (bicyclic) bond motifs is 1. The number of pyridine rings is 1. The van der Waals surface area contributed by atoms with Crippen molar-refractivity contribution >= 4 is 17.5 Å². The number of imidazole rings is 1. The molecular formula is C19H20N4O3. The van der Waals surface area contributed by atoms with Gasteiger partial charge in [-0.3, -0.25) is 9.59 Å². The van der Waals surface area contributed by atoms with Crippen molar-refractivity contribution in [2.24, 2.45) is 0 Å². The molecule has 0 aromatic carbocycles. The molecule has 0 radical (unpaired) electrons. The Morgan fingerprint density at radius 2 is 2.19 bits per heavy atom. The van der Waals surface area contributed by atoms with Crippen LogP contribution in [-0.4, -0.2) is 45.2 Å². The van der Waals surface area contributed by atoms with E-state index >= 15 is 0 Å². The van der Waals surface area contributed by atoms with Crippen LogP contribution in [0.2, 0.25) is 0 Å². The number of amides is 2. The molecule has 1 atom stereocenters. The Balaban J connectivity index is 1.34. The molecule has 4 heterocycles. The van der Waals surface area contributed by atoms with Gasteiger partial charge >= 0.3 is 0 Å². The Labute approximate surface area is 150 Å². The lowest BCUT2D eigenvalue weighted by molar-refractivity contribution is -0.124. The SMILES string of the molecule is O=C(NCCc1cn2ccccc2n1)C1CCCN1C(=O)c1ccco1. The standard InChI is InChI=1S/C19H20N4O3/c24-18(15-5-3-11-23(15)19(25)16-6-4-12-26-16)20-9-8-14-13-22-10-2-1-7-17(22)21-14/h1-2,4,6-7,10,12-13,15H,3,5,8-9,11H2,(H,20,24). The van der Waals surface area contributed by atoms with Gasteiger partial charge in [-0.2, -0.15) is 0 Å². The molecule has 1 aliphatic heterocycles. The summed E-state index contributed by atoms with van der Waals surface area (Å²) in [6.07, 6.45) is 7.51. The number of rotatable bonds is 5. The Morgan fingerprint density at radius 3 is 3.00 bits per heavy atom. The zero-order valence-electron chi connectivity index (χ0n) is 14.3. The molecule has 0 saturated carbocycles. The fourth-order valence-corrected chi connectivity index (χ4v) is 3.36. The number of carbonyl (C=O) groups is 2. The largest absolute Gasteiger partial charge is 0.459 e. The molecule has 1 aliphatic rings. The molecule has 1 unspecified atom stereocenters. The summed E-state index contributed by atoms with van der Waals surface area (Å²) >= 11 is 0. The van der Waals surface area contributed by atoms with Crippen LogP contribution in [0.25, 0.3) is 5.65 Å². The molecule has 0 bridgehead atoms. The van der Waals surface area contributed by atoms with Crippen molar-refractivity contribution < 1.29 is 14.0 Å². The molecule has 3 aromatic rings. The van der Waals surface area contributed by atoms with E-state index in [1.807, 2.05) is 35.0 Å². The molecule has 26 heavy (non-hydrogen) atoms. The lowest BCUT2D eigenvalue weighted by atomic mass is 10.2. The van der Waals surface area contributed by atoms with Crippen LogP contribution in [0.5, 0.6) is 0 Å². The topological polar surface area (TPSA) is 79.9 Å². The first-order valence-corrected chi connectivity index (χ1v) is 8.77. The van der Waals surface area contributed by atoms with Crippen LogP contribution in [-0.2, 0) is 11.2 Å². The summed E-state index contributed by atoms with van der Waals surface area (Å²) in [4.78, 5) is 31.1. The summed E-state index contributed by atoms with van der Waals surface area (Å²) < 4.78 is 7.13. The van der Waals surface area contributed by atoms with Gasteiger partial charge in [0.15, 0.2) is 5.76 Å². The van der Waals surface area contributed by atoms with Crippen LogP contribution >= 0.6 is 0 Å². The molecular weight excluding hydrogens is 332 g/mol. The number of hydrogen-bond acceptors (Lipinski definition) is 4. The van der Waals surface area contributed by atoms with Gasteiger partial charge in [0.05, 0.1) is 12.0 Å². The van der Waals surface area contributed by atoms with Gasteiger partial charge in [0, 0.05) is 31.9 Å². The molecule has 1 saturated heterocycles. The van der Waals surface area contributed by atoms with E-state index in [-0.39, 0.29) is 17.6 Å². The highest BCUT2D eigenvalue weighted by atomic mass is 16.3. The monoisotopic (exact) mass is 352 g/mol. The minimum absolute atomic E-state index is 0.119. The van der Waals surface area contributed by atoms with E-state index in [4.69, 9.17) is 4.42 Å². The Hall–Kier alpha value is -3.09. The van der Waals surface area contributed by atoms with Crippen molar-refractivity contribution in [2.75, 3.05) is 13.1 Å². The smallest absolute Gasteiger partial charge is 0.290 e. The van der Waals surface area contributed by atoms with E-state index in [1.54, 1.807) is 17.0 Å². The first kappa shape index (κ1) is 16.4. The van der Waals surface area contributed by atoms with Crippen LogP contribution < -0.4 is 5.32 Å². The van der Waals surface area contributed by atoms with Crippen molar-refractivity contribution in [1.29, 1.82) is 0 Å². The molecule has 2 amide bonds. The van der Waals surface area contributed by atoms with E-state index in [0.29, 0.717) is 25.9 Å². The Kier molecular flexibility index (Phi) is 4.43. The van der Waals surface area contributed by atoms with Gasteiger partial charge in [-0.05, 0) is 37.1 Å². The minimum atomic E-state index is -0.436. The molecule has 7 heteroatoms. The predicted molar refractivity (Wildman–Crippen MR) is 94.7 cm³/mol. The maximum atomic E-state index is 12.5. The number of carbonyl (C=O) groups excluding carboxylic acids is 2. The summed E-state index contributed by atoms with van der Waals surface area (Å²) in [6.45, 7) is 1.06. The van der Waals surface area contributed by atoms with Crippen LogP contribution in [0.3, 0.4) is 0 Å². The zero-order chi connectivity index (χ0) is 17.9. The van der Waals surface area contributed by atoms with Gasteiger partial charge in [-0.1, -0.05) is 6.07 Å². The quantitative estimate of drug-likeness (QED) is 0.760. The second-order valence-corrected chi connectivity index (χ2v) is 6.37. The second kappa shape index (κ2) is 7.03. The molecule has 0 aliphatic carbocycles. The van der Waals surface area contributed by atoms with Crippen molar-refractivity contribution in [3.05, 3.63) is 60.4 Å². The van der Waals surface area contributed by atoms with Crippen molar-refractivity contribution in [1.82, 2.24) is 19.6 Å². The third-order valence-electron chi connectivity index (χ3n) is 4.64. The van der Waals surface area contributed by atoms with Crippen LogP contribution in [0.1, 0.15) is 29.1 Å². The molecule has 7 nitrogen and oxygen atoms in total. The summed E-state index contributed by atoms with van der Waals surface area (Å²) in [6, 6.07) is 8.70. The fourth-order valence-electron chi connectivity index (χ4n) is 3.36. The average molecular weight is 352 g/mol. The number of likely N-dealkylation sites (tertiary alicyclic amines) is 1. The first-order chi connectivity index (χ1) is 12.7. The Morgan fingerprint density at radius 1 is 1.27 bits per heavy atom. The van der Waals surface area contributed by atoms with E-state index in [9.17, 15) is 9.59 Å². The normalized spacial score (nSPS) is 16.9. The van der Waals surface area contributed by atoms with Gasteiger partial charge in [-0.25, -0.2) is 4.98 Å². The first-order valence-electron chi connectivity index (χ1n) is 8.77. The van der Waals surface area contributed by atoms with E-state index < -0.39 is 6.04 Å². The number of furan rings is 1. The predicted octanol–water partition coefficient (Wildman–Crippen LogP) is 1.89. The molecule has 1 N–H and O–H groups in total. The molecule has 3 aromatic heterocycles. The molecule has 4 rings (SSSR count). The number of nitrogens with one attached hydrogen (secondary N) is 1. The van der Waals surface area contributed by atoms with Gasteiger partial charge in [-0.15, -0.1) is 0 Å². The molecule has 0 spiro atoms. The summed E-state index contributed by atoms with van der Waals surface area (Å²) in [5.41, 5.74) is 1.81. The minimum Gasteiger partial charge on any atom is -0.459 e. The van der Waals surface area contributed by atoms with Crippen LogP contribution in [0, 0.1) is 0 Å². The highest BCUT2D eigenvalue weighted by molar-refractivity contribution is 5.95. The maximum Gasteiger partial charge on any atom is 0.290 e. The van der Waals surface area contributed by atoms with E-state index in [2.05, 4.69) is 10.3 Å². The third-order valence-corrected chi connectivity index (χ3v) is 4.64. The van der Waals surface area contributed by atoms with Gasteiger partial charge in [0.1, 0.15) is 11.7 Å². The van der Waals surface area contributed by atoms with Gasteiger partial charge < -0.3 is 19.0 Å². The summed E-state index contributed by atoms with van der Waals surface area (Å²) in [5.74, 6) is -0.0754. The third kappa shape index (κ3) is 3.20. The number of aromatic nitrogens is 2. The van der Waals surface area contributed by atoms with Crippen LogP contribution in [0.15, 0.2) is 53.4 Å². The summed E-state index contributed by atoms with van der Waals surface area (Å²) in [5, 5.41) is 2.93. The summed E-state index contributed by atoms with van der Waals surface area (Å²) in [7, 11) is 0. The van der Waals surface area contributed by atoms with Gasteiger partial charge in [0.2, 0.25) is 5.91 Å². The van der Waals surface area contributed by atoms with Crippen molar-refractivity contribution in [3.63, 3.8) is 0 Å². The highest BCUT2D eigenvalue weighted by Crippen LogP contribution is 2.20. The molecule has 134 valence electrons.